The van der Waals surface area contributed by atoms with Gasteiger partial charge in [-0.15, -0.1) is 0 Å². The summed E-state index contributed by atoms with van der Waals surface area (Å²) in [6.07, 6.45) is 2.53. The maximum Gasteiger partial charge on any atom is 0.0846 e. The van der Waals surface area contributed by atoms with E-state index in [1.165, 1.54) is 24.9 Å². The highest BCUT2D eigenvalue weighted by molar-refractivity contribution is 6.77. The Morgan fingerprint density at radius 2 is 1.70 bits per heavy atom. The average molecular weight is 177 g/mol. The molecule has 0 aliphatic rings. The highest BCUT2D eigenvalue weighted by Gasteiger charge is 2.09. The fraction of sp³-hybridized carbons (Fsp3) is 0.750. The fourth-order valence-electron chi connectivity index (χ4n) is 1.15. The van der Waals surface area contributed by atoms with Gasteiger partial charge in [-0.1, -0.05) is 57.0 Å². The van der Waals surface area contributed by atoms with Crippen molar-refractivity contribution in [3.05, 3.63) is 11.2 Å². The van der Waals surface area contributed by atoms with Crippen molar-refractivity contribution in [2.45, 2.75) is 38.8 Å². The Kier molecular flexibility index (Phi) is 6.14. The first-order valence-corrected chi connectivity index (χ1v) is 6.65. The van der Waals surface area contributed by atoms with E-state index in [1.807, 2.05) is 0 Å². The molecule has 0 bridgehead atoms. The van der Waals surface area contributed by atoms with Gasteiger partial charge in [0.2, 0.25) is 0 Å². The Balaban J connectivity index is 3.61. The van der Waals surface area contributed by atoms with Crippen LogP contribution in [-0.2, 0) is 0 Å². The van der Waals surface area contributed by atoms with Gasteiger partial charge in [0, 0.05) is 0 Å². The summed E-state index contributed by atoms with van der Waals surface area (Å²) in [6, 6.07) is 2.66. The van der Waals surface area contributed by atoms with Gasteiger partial charge in [-0.3, -0.25) is 0 Å². The number of hydrogen-bond donors (Lipinski definition) is 0. The van der Waals surface area contributed by atoms with E-state index < -0.39 is 8.80 Å². The molecule has 0 atom stereocenters. The van der Waals surface area contributed by atoms with Crippen molar-refractivity contribution in [3.63, 3.8) is 0 Å². The summed E-state index contributed by atoms with van der Waals surface area (Å²) in [6.45, 7) is 8.26. The van der Waals surface area contributed by atoms with Crippen molar-refractivity contribution >= 4 is 20.4 Å². The second kappa shape index (κ2) is 5.99. The molecule has 0 saturated carbocycles. The monoisotopic (exact) mass is 176 g/mol. The zero-order valence-corrected chi connectivity index (χ0v) is 8.90. The largest absolute Gasteiger partial charge is 0.0953 e. The van der Waals surface area contributed by atoms with Crippen LogP contribution in [0, 0.1) is 0 Å². The highest BCUT2D eigenvalue weighted by Crippen LogP contribution is 2.15. The van der Waals surface area contributed by atoms with Crippen molar-refractivity contribution in [2.75, 3.05) is 0 Å². The van der Waals surface area contributed by atoms with Gasteiger partial charge in [-0.25, -0.2) is 0 Å². The standard InChI is InChI=1S/C8H17ClSi/c1-4-6-10(7-5-2)8(3)9/h10H,3-7H2,1-2H3. The van der Waals surface area contributed by atoms with Crippen LogP contribution in [0.15, 0.2) is 11.2 Å². The SMILES string of the molecule is C=C(Cl)[SiH](CCC)CCC. The Hall–Kier alpha value is 0.247. The lowest BCUT2D eigenvalue weighted by Gasteiger charge is -2.10. The maximum atomic E-state index is 5.87. The van der Waals surface area contributed by atoms with Crippen LogP contribution in [0.3, 0.4) is 0 Å². The molecule has 0 heterocycles. The number of halogens is 1. The predicted octanol–water partition coefficient (Wildman–Crippen LogP) is 3.33. The summed E-state index contributed by atoms with van der Waals surface area (Å²) in [7, 11) is -0.736. The van der Waals surface area contributed by atoms with Crippen molar-refractivity contribution in [3.8, 4) is 0 Å². The molecule has 0 aromatic heterocycles. The van der Waals surface area contributed by atoms with E-state index in [1.54, 1.807) is 0 Å². The maximum absolute atomic E-state index is 5.87. The van der Waals surface area contributed by atoms with E-state index in [0.29, 0.717) is 0 Å². The van der Waals surface area contributed by atoms with Crippen molar-refractivity contribution in [1.29, 1.82) is 0 Å². The van der Waals surface area contributed by atoms with Crippen LogP contribution < -0.4 is 0 Å². The van der Waals surface area contributed by atoms with Crippen LogP contribution in [0.2, 0.25) is 12.1 Å². The molecule has 60 valence electrons. The van der Waals surface area contributed by atoms with Gasteiger partial charge in [-0.2, -0.15) is 0 Å². The van der Waals surface area contributed by atoms with E-state index in [9.17, 15) is 0 Å². The Morgan fingerprint density at radius 1 is 1.30 bits per heavy atom. The van der Waals surface area contributed by atoms with Gasteiger partial charge >= 0.3 is 0 Å². The van der Waals surface area contributed by atoms with Gasteiger partial charge in [0.1, 0.15) is 0 Å². The van der Waals surface area contributed by atoms with E-state index >= 15 is 0 Å². The van der Waals surface area contributed by atoms with Crippen LogP contribution in [0.4, 0.5) is 0 Å². The van der Waals surface area contributed by atoms with E-state index in [2.05, 4.69) is 20.4 Å². The summed E-state index contributed by atoms with van der Waals surface area (Å²) in [5.74, 6) is 0. The molecule has 0 spiro atoms. The van der Waals surface area contributed by atoms with Gasteiger partial charge in [0.25, 0.3) is 0 Å². The molecule has 0 N–H and O–H groups in total. The third-order valence-corrected chi connectivity index (χ3v) is 6.08. The smallest absolute Gasteiger partial charge is 0.0846 e. The van der Waals surface area contributed by atoms with E-state index in [-0.39, 0.29) is 0 Å². The van der Waals surface area contributed by atoms with Crippen LogP contribution in [0.1, 0.15) is 26.7 Å². The molecule has 0 nitrogen and oxygen atoms in total. The molecule has 0 fully saturated rings. The van der Waals surface area contributed by atoms with E-state index in [0.717, 1.165) is 4.66 Å². The molecule has 0 aromatic rings. The van der Waals surface area contributed by atoms with Gasteiger partial charge in [-0.05, 0) is 4.66 Å². The van der Waals surface area contributed by atoms with Crippen LogP contribution in [0.5, 0.6) is 0 Å². The first kappa shape index (κ1) is 10.2. The summed E-state index contributed by atoms with van der Waals surface area (Å²) in [5, 5.41) is 0. The predicted molar refractivity (Wildman–Crippen MR) is 52.3 cm³/mol. The quantitative estimate of drug-likeness (QED) is 0.564. The Morgan fingerprint density at radius 3 is 1.90 bits per heavy atom. The van der Waals surface area contributed by atoms with Crippen molar-refractivity contribution < 1.29 is 0 Å². The zero-order chi connectivity index (χ0) is 7.98. The third kappa shape index (κ3) is 4.12. The molecule has 0 aliphatic heterocycles. The molecule has 0 unspecified atom stereocenters. The molecule has 0 amide bonds. The van der Waals surface area contributed by atoms with Crippen molar-refractivity contribution in [2.24, 2.45) is 0 Å². The molecule has 0 aromatic carbocycles. The second-order valence-corrected chi connectivity index (χ2v) is 6.82. The summed E-state index contributed by atoms with van der Waals surface area (Å²) < 4.78 is 0.976. The normalized spacial score (nSPS) is 10.4. The summed E-state index contributed by atoms with van der Waals surface area (Å²) in [4.78, 5) is 0. The zero-order valence-electron chi connectivity index (χ0n) is 6.99. The third-order valence-electron chi connectivity index (χ3n) is 1.72. The molecular weight excluding hydrogens is 160 g/mol. The van der Waals surface area contributed by atoms with Crippen LogP contribution in [-0.4, -0.2) is 8.80 Å². The first-order chi connectivity index (χ1) is 4.72. The van der Waals surface area contributed by atoms with Gasteiger partial charge in [0.15, 0.2) is 0 Å². The summed E-state index contributed by atoms with van der Waals surface area (Å²) in [5.41, 5.74) is 0. The fourth-order valence-corrected chi connectivity index (χ4v) is 4.12. The van der Waals surface area contributed by atoms with Gasteiger partial charge < -0.3 is 0 Å². The lowest BCUT2D eigenvalue weighted by molar-refractivity contribution is 1.01. The minimum absolute atomic E-state index is 0.736. The Bertz CT molecular complexity index is 95.4. The minimum Gasteiger partial charge on any atom is -0.0953 e. The average Bonchev–Trinajstić information content (AvgIpc) is 1.87. The molecule has 0 saturated heterocycles. The van der Waals surface area contributed by atoms with Gasteiger partial charge in [0.05, 0.1) is 8.80 Å². The topological polar surface area (TPSA) is 0 Å². The summed E-state index contributed by atoms with van der Waals surface area (Å²) >= 11 is 5.87. The lowest BCUT2D eigenvalue weighted by Crippen LogP contribution is -2.11. The number of hydrogen-bond acceptors (Lipinski definition) is 0. The molecule has 10 heavy (non-hydrogen) atoms. The Labute approximate surface area is 70.9 Å². The highest BCUT2D eigenvalue weighted by atomic mass is 35.5. The van der Waals surface area contributed by atoms with Crippen LogP contribution in [0.25, 0.3) is 0 Å². The molecule has 0 radical (unpaired) electrons. The molecular formula is C8H17ClSi. The lowest BCUT2D eigenvalue weighted by atomic mass is 10.6. The number of rotatable bonds is 5. The second-order valence-electron chi connectivity index (χ2n) is 2.72. The first-order valence-electron chi connectivity index (χ1n) is 4.06. The van der Waals surface area contributed by atoms with Crippen molar-refractivity contribution in [1.82, 2.24) is 0 Å². The molecule has 2 heteroatoms. The minimum atomic E-state index is -0.736. The van der Waals surface area contributed by atoms with E-state index in [4.69, 9.17) is 11.6 Å². The molecule has 0 rings (SSSR count). The molecule has 0 aliphatic carbocycles. The van der Waals surface area contributed by atoms with Crippen LogP contribution >= 0.6 is 11.6 Å².